The minimum absolute atomic E-state index is 0.145. The number of hydrogen-bond donors (Lipinski definition) is 3. The molecule has 6 heteroatoms. The van der Waals surface area contributed by atoms with E-state index < -0.39 is 0 Å². The Bertz CT molecular complexity index is 656. The van der Waals surface area contributed by atoms with Crippen LogP contribution in [0.1, 0.15) is 30.9 Å². The summed E-state index contributed by atoms with van der Waals surface area (Å²) in [7, 11) is 1.54. The highest BCUT2D eigenvalue weighted by Crippen LogP contribution is 2.29. The number of rotatable bonds is 7. The molecule has 1 aromatic carbocycles. The van der Waals surface area contributed by atoms with Gasteiger partial charge in [-0.1, -0.05) is 19.1 Å². The SMILES string of the molecule is CCNC(=NCc1cccc(OC)c1O)NCC(C)c1ccsc1. The van der Waals surface area contributed by atoms with Crippen molar-refractivity contribution in [3.05, 3.63) is 46.2 Å². The van der Waals surface area contributed by atoms with Gasteiger partial charge in [-0.25, -0.2) is 4.99 Å². The van der Waals surface area contributed by atoms with Crippen LogP contribution < -0.4 is 15.4 Å². The van der Waals surface area contributed by atoms with E-state index in [1.165, 1.54) is 5.56 Å². The third kappa shape index (κ3) is 4.89. The normalized spacial score (nSPS) is 12.7. The lowest BCUT2D eigenvalue weighted by Crippen LogP contribution is -2.39. The molecule has 0 bridgehead atoms. The number of aliphatic imine (C=N–C) groups is 1. The molecule has 0 radical (unpaired) electrons. The summed E-state index contributed by atoms with van der Waals surface area (Å²) in [6, 6.07) is 7.57. The maximum absolute atomic E-state index is 10.1. The van der Waals surface area contributed by atoms with Crippen molar-refractivity contribution in [1.82, 2.24) is 10.6 Å². The summed E-state index contributed by atoms with van der Waals surface area (Å²) in [5.41, 5.74) is 2.06. The predicted molar refractivity (Wildman–Crippen MR) is 100 cm³/mol. The van der Waals surface area contributed by atoms with Crippen molar-refractivity contribution in [1.29, 1.82) is 0 Å². The van der Waals surface area contributed by atoms with Gasteiger partial charge in [-0.3, -0.25) is 0 Å². The zero-order valence-electron chi connectivity index (χ0n) is 14.4. The zero-order chi connectivity index (χ0) is 17.4. The van der Waals surface area contributed by atoms with Crippen LogP contribution in [0, 0.1) is 0 Å². The van der Waals surface area contributed by atoms with Crippen LogP contribution in [0.4, 0.5) is 0 Å². The van der Waals surface area contributed by atoms with Gasteiger partial charge in [0.2, 0.25) is 0 Å². The molecule has 1 atom stereocenters. The Morgan fingerprint density at radius 2 is 2.17 bits per heavy atom. The Morgan fingerprint density at radius 3 is 2.83 bits per heavy atom. The zero-order valence-corrected chi connectivity index (χ0v) is 15.2. The summed E-state index contributed by atoms with van der Waals surface area (Å²) in [5, 5.41) is 21.0. The number of methoxy groups -OCH3 is 1. The van der Waals surface area contributed by atoms with Crippen molar-refractivity contribution < 1.29 is 9.84 Å². The highest BCUT2D eigenvalue weighted by Gasteiger charge is 2.09. The topological polar surface area (TPSA) is 65.9 Å². The molecule has 0 spiro atoms. The Morgan fingerprint density at radius 1 is 1.33 bits per heavy atom. The first kappa shape index (κ1) is 18.1. The lowest BCUT2D eigenvalue weighted by molar-refractivity contribution is 0.370. The first-order chi connectivity index (χ1) is 11.7. The molecule has 0 aliphatic carbocycles. The number of nitrogens with one attached hydrogen (secondary N) is 2. The Kier molecular flexibility index (Phi) is 6.93. The van der Waals surface area contributed by atoms with Crippen molar-refractivity contribution in [3.63, 3.8) is 0 Å². The molecule has 0 fully saturated rings. The van der Waals surface area contributed by atoms with Gasteiger partial charge in [-0.05, 0) is 41.3 Å². The van der Waals surface area contributed by atoms with E-state index in [1.807, 2.05) is 19.1 Å². The Hall–Kier alpha value is -2.21. The van der Waals surface area contributed by atoms with Crippen LogP contribution in [0.15, 0.2) is 40.0 Å². The van der Waals surface area contributed by atoms with Gasteiger partial charge >= 0.3 is 0 Å². The summed E-state index contributed by atoms with van der Waals surface area (Å²) in [6.07, 6.45) is 0. The number of phenolic OH excluding ortho intramolecular Hbond substituents is 1. The van der Waals surface area contributed by atoms with Gasteiger partial charge in [0.1, 0.15) is 0 Å². The Labute approximate surface area is 147 Å². The molecule has 130 valence electrons. The molecule has 1 aromatic heterocycles. The number of ether oxygens (including phenoxy) is 1. The van der Waals surface area contributed by atoms with Crippen LogP contribution in [0.3, 0.4) is 0 Å². The van der Waals surface area contributed by atoms with E-state index in [1.54, 1.807) is 24.5 Å². The van der Waals surface area contributed by atoms with Crippen LogP contribution in [0.2, 0.25) is 0 Å². The molecule has 0 aliphatic rings. The molecule has 2 rings (SSSR count). The number of guanidine groups is 1. The van der Waals surface area contributed by atoms with E-state index in [9.17, 15) is 5.11 Å². The standard InChI is InChI=1S/C18H25N3O2S/c1-4-19-18(20-10-13(2)15-8-9-24-12-15)21-11-14-6-5-7-16(23-3)17(14)22/h5-9,12-13,22H,4,10-11H2,1-3H3,(H2,19,20,21). The highest BCUT2D eigenvalue weighted by atomic mass is 32.1. The second kappa shape index (κ2) is 9.17. The number of para-hydroxylation sites is 1. The number of phenols is 1. The van der Waals surface area contributed by atoms with Crippen molar-refractivity contribution >= 4 is 17.3 Å². The molecule has 0 amide bonds. The second-order valence-electron chi connectivity index (χ2n) is 5.50. The maximum atomic E-state index is 10.1. The monoisotopic (exact) mass is 347 g/mol. The van der Waals surface area contributed by atoms with Gasteiger partial charge in [-0.15, -0.1) is 0 Å². The fourth-order valence-electron chi connectivity index (χ4n) is 2.29. The van der Waals surface area contributed by atoms with Crippen molar-refractivity contribution in [3.8, 4) is 11.5 Å². The van der Waals surface area contributed by atoms with Crippen molar-refractivity contribution in [2.75, 3.05) is 20.2 Å². The molecule has 24 heavy (non-hydrogen) atoms. The fourth-order valence-corrected chi connectivity index (χ4v) is 3.07. The molecular weight excluding hydrogens is 322 g/mol. The van der Waals surface area contributed by atoms with Gasteiger partial charge in [0.15, 0.2) is 17.5 Å². The van der Waals surface area contributed by atoms with Gasteiger partial charge < -0.3 is 20.5 Å². The van der Waals surface area contributed by atoms with Gasteiger partial charge in [0.25, 0.3) is 0 Å². The maximum Gasteiger partial charge on any atom is 0.191 e. The number of hydrogen-bond acceptors (Lipinski definition) is 4. The molecule has 0 aliphatic heterocycles. The molecule has 3 N–H and O–H groups in total. The van der Waals surface area contributed by atoms with E-state index in [0.717, 1.165) is 24.6 Å². The molecule has 1 unspecified atom stereocenters. The first-order valence-corrected chi connectivity index (χ1v) is 8.99. The summed E-state index contributed by atoms with van der Waals surface area (Å²) < 4.78 is 5.13. The molecular formula is C18H25N3O2S. The van der Waals surface area contributed by atoms with Crippen LogP contribution in [0.5, 0.6) is 11.5 Å². The van der Waals surface area contributed by atoms with E-state index in [-0.39, 0.29) is 5.75 Å². The van der Waals surface area contributed by atoms with Crippen LogP contribution in [0.25, 0.3) is 0 Å². The van der Waals surface area contributed by atoms with Crippen LogP contribution in [-0.4, -0.2) is 31.3 Å². The fraction of sp³-hybridized carbons (Fsp3) is 0.389. The molecule has 1 heterocycles. The summed E-state index contributed by atoms with van der Waals surface area (Å²) in [4.78, 5) is 4.55. The quantitative estimate of drug-likeness (QED) is 0.531. The Balaban J connectivity index is 2.00. The summed E-state index contributed by atoms with van der Waals surface area (Å²) in [6.45, 7) is 6.18. The number of nitrogens with zero attached hydrogens (tertiary/aromatic N) is 1. The highest BCUT2D eigenvalue weighted by molar-refractivity contribution is 7.07. The van der Waals surface area contributed by atoms with Gasteiger partial charge in [-0.2, -0.15) is 11.3 Å². The van der Waals surface area contributed by atoms with Gasteiger partial charge in [0, 0.05) is 18.7 Å². The summed E-state index contributed by atoms with van der Waals surface area (Å²) in [5.74, 6) is 1.75. The second-order valence-corrected chi connectivity index (χ2v) is 6.28. The number of aromatic hydroxyl groups is 1. The van der Waals surface area contributed by atoms with Crippen LogP contribution >= 0.6 is 11.3 Å². The number of benzene rings is 1. The number of thiophene rings is 1. The minimum atomic E-state index is 0.145. The third-order valence-corrected chi connectivity index (χ3v) is 4.44. The van der Waals surface area contributed by atoms with Gasteiger partial charge in [0.05, 0.1) is 13.7 Å². The largest absolute Gasteiger partial charge is 0.504 e. The van der Waals surface area contributed by atoms with Crippen molar-refractivity contribution in [2.45, 2.75) is 26.3 Å². The molecule has 5 nitrogen and oxygen atoms in total. The predicted octanol–water partition coefficient (Wildman–Crippen LogP) is 3.32. The molecule has 0 saturated heterocycles. The van der Waals surface area contributed by atoms with Crippen LogP contribution in [-0.2, 0) is 6.54 Å². The minimum Gasteiger partial charge on any atom is -0.504 e. The first-order valence-electron chi connectivity index (χ1n) is 8.04. The lowest BCUT2D eigenvalue weighted by Gasteiger charge is -2.15. The lowest BCUT2D eigenvalue weighted by atomic mass is 10.1. The van der Waals surface area contributed by atoms with E-state index in [4.69, 9.17) is 4.74 Å². The van der Waals surface area contributed by atoms with E-state index >= 15 is 0 Å². The average Bonchev–Trinajstić information content (AvgIpc) is 3.13. The van der Waals surface area contributed by atoms with E-state index in [0.29, 0.717) is 18.2 Å². The molecule has 0 saturated carbocycles. The third-order valence-electron chi connectivity index (χ3n) is 3.74. The summed E-state index contributed by atoms with van der Waals surface area (Å²) >= 11 is 1.71. The smallest absolute Gasteiger partial charge is 0.191 e. The average molecular weight is 347 g/mol. The van der Waals surface area contributed by atoms with Crippen molar-refractivity contribution in [2.24, 2.45) is 4.99 Å². The molecule has 2 aromatic rings. The van der Waals surface area contributed by atoms with E-state index in [2.05, 4.69) is 39.4 Å².